The van der Waals surface area contributed by atoms with Gasteiger partial charge in [-0.25, -0.2) is 14.8 Å². The second-order valence-corrected chi connectivity index (χ2v) is 10.5. The third-order valence-electron chi connectivity index (χ3n) is 6.07. The number of nitrogens with two attached hydrogens (primary N) is 1. The summed E-state index contributed by atoms with van der Waals surface area (Å²) in [5.74, 6) is -1.72. The van der Waals surface area contributed by atoms with E-state index in [0.717, 1.165) is 10.8 Å². The lowest BCUT2D eigenvalue weighted by Crippen LogP contribution is -2.32. The number of hydrogen-bond acceptors (Lipinski definition) is 7. The molecule has 0 aliphatic carbocycles. The van der Waals surface area contributed by atoms with Crippen LogP contribution in [0.25, 0.3) is 21.9 Å². The van der Waals surface area contributed by atoms with Gasteiger partial charge < -0.3 is 26.2 Å². The molecular weight excluding hydrogens is 522 g/mol. The lowest BCUT2D eigenvalue weighted by atomic mass is 9.95. The van der Waals surface area contributed by atoms with Crippen LogP contribution in [0.15, 0.2) is 73.4 Å². The van der Waals surface area contributed by atoms with Crippen molar-refractivity contribution in [3.63, 3.8) is 0 Å². The van der Waals surface area contributed by atoms with Gasteiger partial charge in [-0.2, -0.15) is 0 Å². The van der Waals surface area contributed by atoms with Gasteiger partial charge in [-0.15, -0.1) is 0 Å². The van der Waals surface area contributed by atoms with Crippen LogP contribution in [-0.2, 0) is 0 Å². The van der Waals surface area contributed by atoms with Crippen LogP contribution in [0, 0.1) is 5.41 Å². The average molecular weight is 554 g/mol. The van der Waals surface area contributed by atoms with Crippen LogP contribution < -0.4 is 21.1 Å². The summed E-state index contributed by atoms with van der Waals surface area (Å²) in [5, 5.41) is 17.2. The molecule has 4 rings (SSSR count). The number of amides is 2. The zero-order chi connectivity index (χ0) is 29.7. The molecule has 0 saturated carbocycles. The fourth-order valence-corrected chi connectivity index (χ4v) is 4.07. The number of nitrogens with one attached hydrogen (secondary N) is 2. The number of hydrogen-bond donors (Lipinski definition) is 4. The number of anilines is 2. The highest BCUT2D eigenvalue weighted by Gasteiger charge is 2.23. The summed E-state index contributed by atoms with van der Waals surface area (Å²) >= 11 is 0. The number of carboxylic acid groups (broad SMARTS) is 1. The van der Waals surface area contributed by atoms with Crippen LogP contribution in [0.2, 0.25) is 0 Å². The SMILES string of the molecule is C=CCOc1ccc(-c2ccc(C(=O)NCC(C)(C)C)cc2C(=O)O)c(C(=O)Nc2ccc3c(N)nccc3c2)n1. The Kier molecular flexibility index (Phi) is 8.32. The number of carboxylic acids is 1. The van der Waals surface area contributed by atoms with Crippen molar-refractivity contribution in [2.45, 2.75) is 20.8 Å². The molecule has 0 fully saturated rings. The first kappa shape index (κ1) is 28.8. The maximum atomic E-state index is 13.6. The van der Waals surface area contributed by atoms with E-state index in [2.05, 4.69) is 27.2 Å². The van der Waals surface area contributed by atoms with Gasteiger partial charge in [0.25, 0.3) is 11.8 Å². The van der Waals surface area contributed by atoms with Crippen LogP contribution in [0.5, 0.6) is 5.88 Å². The molecule has 2 aromatic heterocycles. The minimum Gasteiger partial charge on any atom is -0.478 e. The lowest BCUT2D eigenvalue weighted by molar-refractivity contribution is 0.0697. The standard InChI is InChI=1S/C31H31N5O5/c1-5-14-41-25-11-10-23(22-8-6-19(16-24(22)30(39)40)28(37)34-17-31(2,3)4)26(36-25)29(38)35-20-7-9-21-18(15-20)12-13-33-27(21)32/h5-13,15-16H,1,14,17H2,2-4H3,(H2,32,33)(H,34,37)(H,35,38)(H,39,40). The number of benzene rings is 2. The van der Waals surface area contributed by atoms with Crippen molar-refractivity contribution < 1.29 is 24.2 Å². The lowest BCUT2D eigenvalue weighted by Gasteiger charge is -2.19. The summed E-state index contributed by atoms with van der Waals surface area (Å²) in [6, 6.07) is 14.4. The molecule has 5 N–H and O–H groups in total. The molecule has 2 aromatic carbocycles. The summed E-state index contributed by atoms with van der Waals surface area (Å²) in [7, 11) is 0. The van der Waals surface area contributed by atoms with Crippen LogP contribution in [-0.4, -0.2) is 46.0 Å². The van der Waals surface area contributed by atoms with Gasteiger partial charge in [0, 0.05) is 41.0 Å². The number of fused-ring (bicyclic) bond motifs is 1. The first-order chi connectivity index (χ1) is 19.5. The van der Waals surface area contributed by atoms with Crippen LogP contribution in [0.3, 0.4) is 0 Å². The third kappa shape index (κ3) is 6.85. The Morgan fingerprint density at radius 3 is 2.49 bits per heavy atom. The summed E-state index contributed by atoms with van der Waals surface area (Å²) in [5.41, 5.74) is 6.70. The molecular formula is C31H31N5O5. The molecule has 0 radical (unpaired) electrons. The van der Waals surface area contributed by atoms with Gasteiger partial charge in [-0.3, -0.25) is 9.59 Å². The van der Waals surface area contributed by atoms with E-state index in [9.17, 15) is 19.5 Å². The normalized spacial score (nSPS) is 11.1. The monoisotopic (exact) mass is 553 g/mol. The molecule has 0 saturated heterocycles. The molecule has 0 aliphatic heterocycles. The fraction of sp³-hybridized carbons (Fsp3) is 0.194. The molecule has 41 heavy (non-hydrogen) atoms. The van der Waals surface area contributed by atoms with Gasteiger partial charge >= 0.3 is 5.97 Å². The van der Waals surface area contributed by atoms with E-state index < -0.39 is 17.8 Å². The number of aromatic carboxylic acids is 1. The topological polar surface area (TPSA) is 157 Å². The summed E-state index contributed by atoms with van der Waals surface area (Å²) in [4.78, 5) is 47.1. The summed E-state index contributed by atoms with van der Waals surface area (Å²) < 4.78 is 5.54. The van der Waals surface area contributed by atoms with E-state index in [0.29, 0.717) is 18.1 Å². The molecule has 2 heterocycles. The molecule has 10 heteroatoms. The average Bonchev–Trinajstić information content (AvgIpc) is 2.94. The number of carbonyl (C=O) groups is 3. The van der Waals surface area contributed by atoms with Crippen LogP contribution in [0.4, 0.5) is 11.5 Å². The van der Waals surface area contributed by atoms with Crippen molar-refractivity contribution in [3.8, 4) is 17.0 Å². The molecule has 0 bridgehead atoms. The second-order valence-electron chi connectivity index (χ2n) is 10.5. The largest absolute Gasteiger partial charge is 0.478 e. The number of ether oxygens (including phenoxy) is 1. The van der Waals surface area contributed by atoms with Crippen LogP contribution >= 0.6 is 0 Å². The number of pyridine rings is 2. The highest BCUT2D eigenvalue weighted by molar-refractivity contribution is 6.10. The number of rotatable bonds is 9. The highest BCUT2D eigenvalue weighted by atomic mass is 16.5. The van der Waals surface area contributed by atoms with Crippen LogP contribution in [0.1, 0.15) is 52.0 Å². The van der Waals surface area contributed by atoms with Gasteiger partial charge in [0.05, 0.1) is 5.56 Å². The van der Waals surface area contributed by atoms with Crippen molar-refractivity contribution in [2.24, 2.45) is 5.41 Å². The Labute approximate surface area is 237 Å². The Morgan fingerprint density at radius 2 is 1.78 bits per heavy atom. The second kappa shape index (κ2) is 11.9. The smallest absolute Gasteiger partial charge is 0.336 e. The molecule has 210 valence electrons. The number of aromatic nitrogens is 2. The van der Waals surface area contributed by atoms with E-state index in [1.165, 1.54) is 30.3 Å². The third-order valence-corrected chi connectivity index (χ3v) is 6.07. The van der Waals surface area contributed by atoms with E-state index in [4.69, 9.17) is 10.5 Å². The maximum absolute atomic E-state index is 13.6. The molecule has 0 unspecified atom stereocenters. The summed E-state index contributed by atoms with van der Waals surface area (Å²) in [6.07, 6.45) is 3.11. The number of nitrogen functional groups attached to an aromatic ring is 1. The molecule has 10 nitrogen and oxygen atoms in total. The number of nitrogens with zero attached hydrogens (tertiary/aromatic N) is 2. The number of carbonyl (C=O) groups excluding carboxylic acids is 2. The van der Waals surface area contributed by atoms with Gasteiger partial charge in [0.1, 0.15) is 18.1 Å². The predicted molar refractivity (Wildman–Crippen MR) is 158 cm³/mol. The molecule has 0 atom stereocenters. The van der Waals surface area contributed by atoms with E-state index in [-0.39, 0.29) is 45.8 Å². The predicted octanol–water partition coefficient (Wildman–Crippen LogP) is 5.17. The molecule has 0 aliphatic rings. The quantitative estimate of drug-likeness (QED) is 0.207. The molecule has 2 amide bonds. The van der Waals surface area contributed by atoms with Crippen molar-refractivity contribution in [2.75, 3.05) is 24.2 Å². The van der Waals surface area contributed by atoms with Gasteiger partial charge in [0.2, 0.25) is 5.88 Å². The molecule has 4 aromatic rings. The van der Waals surface area contributed by atoms with Gasteiger partial charge in [-0.1, -0.05) is 39.5 Å². The van der Waals surface area contributed by atoms with Crippen molar-refractivity contribution in [3.05, 3.63) is 90.3 Å². The van der Waals surface area contributed by atoms with E-state index in [1.807, 2.05) is 20.8 Å². The minimum atomic E-state index is -1.26. The first-order valence-electron chi connectivity index (χ1n) is 12.8. The Morgan fingerprint density at radius 1 is 1.02 bits per heavy atom. The van der Waals surface area contributed by atoms with Crippen molar-refractivity contribution in [1.82, 2.24) is 15.3 Å². The minimum absolute atomic E-state index is 0.0617. The Bertz CT molecular complexity index is 1660. The zero-order valence-electron chi connectivity index (χ0n) is 23.0. The summed E-state index contributed by atoms with van der Waals surface area (Å²) in [6.45, 7) is 10.1. The van der Waals surface area contributed by atoms with E-state index >= 15 is 0 Å². The van der Waals surface area contributed by atoms with Gasteiger partial charge in [-0.05, 0) is 58.8 Å². The first-order valence-corrected chi connectivity index (χ1v) is 12.8. The highest BCUT2D eigenvalue weighted by Crippen LogP contribution is 2.31. The van der Waals surface area contributed by atoms with E-state index in [1.54, 1.807) is 36.5 Å². The van der Waals surface area contributed by atoms with Crippen molar-refractivity contribution >= 4 is 40.1 Å². The van der Waals surface area contributed by atoms with Crippen molar-refractivity contribution in [1.29, 1.82) is 0 Å². The fourth-order valence-electron chi connectivity index (χ4n) is 4.07. The van der Waals surface area contributed by atoms with Gasteiger partial charge in [0.15, 0.2) is 0 Å². The Balaban J connectivity index is 1.74. The molecule has 0 spiro atoms. The zero-order valence-corrected chi connectivity index (χ0v) is 23.0. The maximum Gasteiger partial charge on any atom is 0.336 e. The Hall–Kier alpha value is -5.25.